The van der Waals surface area contributed by atoms with Crippen LogP contribution in [0.5, 0.6) is 0 Å². The molecule has 2 unspecified atom stereocenters. The molecule has 0 aromatic heterocycles. The molecule has 0 bridgehead atoms. The van der Waals surface area contributed by atoms with Crippen LogP contribution < -0.4 is 4.90 Å². The average molecular weight is 463 g/mol. The summed E-state index contributed by atoms with van der Waals surface area (Å²) in [5.41, 5.74) is 5.01. The van der Waals surface area contributed by atoms with Gasteiger partial charge in [-0.3, -0.25) is 14.5 Å². The van der Waals surface area contributed by atoms with Crippen LogP contribution in [-0.2, 0) is 9.59 Å². The molecule has 2 aliphatic heterocycles. The molecule has 2 atom stereocenters. The Kier molecular flexibility index (Phi) is 5.61. The molecule has 0 radical (unpaired) electrons. The molecule has 1 amide bonds. The molecule has 2 aromatic carbocycles. The first kappa shape index (κ1) is 21.0. The highest BCUT2D eigenvalue weighted by Gasteiger charge is 2.42. The van der Waals surface area contributed by atoms with E-state index >= 15 is 0 Å². The number of thioether (sulfide) groups is 1. The lowest BCUT2D eigenvalue weighted by molar-refractivity contribution is -0.140. The molecule has 2 fully saturated rings. The standard InChI is InChI=1S/C25H22N2O3S2/c28-23(29)15-26-24(30)22(32-25(26)31)11-4-6-16-12-13-21-19(14-16)18-9-5-10-20(18)27(21)17-7-2-1-3-8-17/h1-4,6-8,11-14,18,20H,5,9-10,15H2,(H,28,29)/b6-4-,22-11+. The third-order valence-electron chi connectivity index (χ3n) is 6.26. The van der Waals surface area contributed by atoms with Crippen LogP contribution in [0, 0.1) is 0 Å². The summed E-state index contributed by atoms with van der Waals surface area (Å²) >= 11 is 6.28. The van der Waals surface area contributed by atoms with Crippen molar-refractivity contribution in [2.45, 2.75) is 31.2 Å². The van der Waals surface area contributed by atoms with Gasteiger partial charge in [0.1, 0.15) is 10.9 Å². The molecule has 3 aliphatic rings. The molecule has 2 heterocycles. The molecule has 2 aromatic rings. The van der Waals surface area contributed by atoms with E-state index in [9.17, 15) is 9.59 Å². The number of allylic oxidation sites excluding steroid dienone is 2. The molecule has 5 rings (SSSR count). The number of benzene rings is 2. The van der Waals surface area contributed by atoms with Gasteiger partial charge in [-0.15, -0.1) is 0 Å². The molecule has 0 spiro atoms. The summed E-state index contributed by atoms with van der Waals surface area (Å²) in [6.07, 6.45) is 9.20. The van der Waals surface area contributed by atoms with Gasteiger partial charge in [-0.1, -0.05) is 66.8 Å². The van der Waals surface area contributed by atoms with Crippen LogP contribution in [0.25, 0.3) is 6.08 Å². The smallest absolute Gasteiger partial charge is 0.323 e. The van der Waals surface area contributed by atoms with Crippen LogP contribution in [0.15, 0.2) is 65.6 Å². The fraction of sp³-hybridized carbons (Fsp3) is 0.240. The van der Waals surface area contributed by atoms with Crippen LogP contribution in [0.2, 0.25) is 0 Å². The fourth-order valence-electron chi connectivity index (χ4n) is 4.94. The van der Waals surface area contributed by atoms with E-state index in [0.29, 0.717) is 16.9 Å². The van der Waals surface area contributed by atoms with Crippen LogP contribution in [0.3, 0.4) is 0 Å². The highest BCUT2D eigenvalue weighted by atomic mass is 32.2. The highest BCUT2D eigenvalue weighted by Crippen LogP contribution is 2.52. The third-order valence-corrected chi connectivity index (χ3v) is 7.66. The number of carboxylic acid groups (broad SMARTS) is 1. The maximum Gasteiger partial charge on any atom is 0.323 e. The predicted octanol–water partition coefficient (Wildman–Crippen LogP) is 5.32. The Morgan fingerprint density at radius 3 is 2.78 bits per heavy atom. The van der Waals surface area contributed by atoms with E-state index in [2.05, 4.69) is 53.4 Å². The maximum atomic E-state index is 12.4. The summed E-state index contributed by atoms with van der Waals surface area (Å²) < 4.78 is 0.280. The van der Waals surface area contributed by atoms with E-state index in [1.807, 2.05) is 12.2 Å². The summed E-state index contributed by atoms with van der Waals surface area (Å²) in [6, 6.07) is 17.7. The van der Waals surface area contributed by atoms with Crippen molar-refractivity contribution in [3.63, 3.8) is 0 Å². The van der Waals surface area contributed by atoms with Gasteiger partial charge in [0, 0.05) is 23.3 Å². The van der Waals surface area contributed by atoms with Gasteiger partial charge >= 0.3 is 5.97 Å². The van der Waals surface area contributed by atoms with Crippen molar-refractivity contribution in [1.29, 1.82) is 0 Å². The first-order valence-corrected chi connectivity index (χ1v) is 11.9. The number of fused-ring (bicyclic) bond motifs is 3. The molecular weight excluding hydrogens is 440 g/mol. The Morgan fingerprint density at radius 2 is 2.00 bits per heavy atom. The molecule has 162 valence electrons. The van der Waals surface area contributed by atoms with Gasteiger partial charge in [0.25, 0.3) is 5.91 Å². The second-order valence-corrected chi connectivity index (χ2v) is 9.85. The Hall–Kier alpha value is -2.90. The van der Waals surface area contributed by atoms with E-state index in [-0.39, 0.29) is 10.2 Å². The second-order valence-electron chi connectivity index (χ2n) is 8.17. The molecule has 7 heteroatoms. The molecule has 5 nitrogen and oxygen atoms in total. The number of para-hydroxylation sites is 1. The van der Waals surface area contributed by atoms with Gasteiger partial charge in [0.05, 0.1) is 4.91 Å². The number of thiocarbonyl (C=S) groups is 1. The summed E-state index contributed by atoms with van der Waals surface area (Å²) in [6.45, 7) is -0.406. The van der Waals surface area contributed by atoms with Gasteiger partial charge in [-0.05, 0) is 54.3 Å². The topological polar surface area (TPSA) is 60.9 Å². The Morgan fingerprint density at radius 1 is 1.19 bits per heavy atom. The minimum absolute atomic E-state index is 0.280. The first-order valence-electron chi connectivity index (χ1n) is 10.6. The number of aliphatic carboxylic acids is 1. The van der Waals surface area contributed by atoms with Crippen LogP contribution in [0.4, 0.5) is 11.4 Å². The third kappa shape index (κ3) is 3.76. The largest absolute Gasteiger partial charge is 0.480 e. The van der Waals surface area contributed by atoms with Crippen molar-refractivity contribution in [2.24, 2.45) is 0 Å². The fourth-order valence-corrected chi connectivity index (χ4v) is 6.14. The Bertz CT molecular complexity index is 1160. The summed E-state index contributed by atoms with van der Waals surface area (Å²) in [7, 11) is 0. The number of rotatable bonds is 5. The number of carbonyl (C=O) groups is 2. The van der Waals surface area contributed by atoms with E-state index in [0.717, 1.165) is 22.2 Å². The van der Waals surface area contributed by atoms with Crippen LogP contribution >= 0.6 is 24.0 Å². The summed E-state index contributed by atoms with van der Waals surface area (Å²) in [4.78, 5) is 27.4. The van der Waals surface area contributed by atoms with Crippen molar-refractivity contribution in [1.82, 2.24) is 4.90 Å². The van der Waals surface area contributed by atoms with Crippen molar-refractivity contribution in [3.05, 3.63) is 76.7 Å². The number of hydrogen-bond donors (Lipinski definition) is 1. The molecular formula is C25H22N2O3S2. The van der Waals surface area contributed by atoms with E-state index in [4.69, 9.17) is 17.3 Å². The minimum Gasteiger partial charge on any atom is -0.480 e. The number of hydrogen-bond acceptors (Lipinski definition) is 5. The van der Waals surface area contributed by atoms with E-state index in [1.54, 1.807) is 6.08 Å². The zero-order valence-corrected chi connectivity index (χ0v) is 18.9. The molecule has 1 aliphatic carbocycles. The zero-order valence-electron chi connectivity index (χ0n) is 17.3. The number of anilines is 2. The van der Waals surface area contributed by atoms with Gasteiger partial charge in [0.2, 0.25) is 0 Å². The average Bonchev–Trinajstić information content (AvgIpc) is 3.44. The quantitative estimate of drug-likeness (QED) is 0.480. The lowest BCUT2D eigenvalue weighted by Crippen LogP contribution is -2.33. The minimum atomic E-state index is -1.08. The van der Waals surface area contributed by atoms with E-state index < -0.39 is 12.5 Å². The van der Waals surface area contributed by atoms with Crippen LogP contribution in [-0.4, -0.2) is 38.8 Å². The van der Waals surface area contributed by atoms with Crippen molar-refractivity contribution in [3.8, 4) is 0 Å². The van der Waals surface area contributed by atoms with Crippen molar-refractivity contribution in [2.75, 3.05) is 11.4 Å². The molecule has 1 N–H and O–H groups in total. The van der Waals surface area contributed by atoms with Crippen molar-refractivity contribution < 1.29 is 14.7 Å². The Labute approximate surface area is 196 Å². The van der Waals surface area contributed by atoms with Crippen LogP contribution in [0.1, 0.15) is 36.3 Å². The number of nitrogens with zero attached hydrogens (tertiary/aromatic N) is 2. The molecule has 32 heavy (non-hydrogen) atoms. The Balaban J connectivity index is 1.38. The normalized spacial score (nSPS) is 23.4. The summed E-state index contributed by atoms with van der Waals surface area (Å²) in [5.74, 6) is -0.884. The monoisotopic (exact) mass is 462 g/mol. The molecule has 1 saturated carbocycles. The highest BCUT2D eigenvalue weighted by molar-refractivity contribution is 8.26. The SMILES string of the molecule is O=C(O)CN1C(=O)/C(=C\C=C/c2ccc3c(c2)C2CCCC2N3c2ccccc2)SC1=S. The maximum absolute atomic E-state index is 12.4. The lowest BCUT2D eigenvalue weighted by Gasteiger charge is -2.27. The van der Waals surface area contributed by atoms with Gasteiger partial charge < -0.3 is 10.0 Å². The van der Waals surface area contributed by atoms with Gasteiger partial charge in [0.15, 0.2) is 0 Å². The lowest BCUT2D eigenvalue weighted by atomic mass is 9.96. The predicted molar refractivity (Wildman–Crippen MR) is 132 cm³/mol. The second kappa shape index (κ2) is 8.56. The number of carbonyl (C=O) groups excluding carboxylic acids is 1. The first-order chi connectivity index (χ1) is 15.5. The van der Waals surface area contributed by atoms with Gasteiger partial charge in [-0.25, -0.2) is 0 Å². The van der Waals surface area contributed by atoms with E-state index in [1.165, 1.54) is 36.2 Å². The number of carboxylic acids is 1. The summed E-state index contributed by atoms with van der Waals surface area (Å²) in [5, 5.41) is 8.95. The van der Waals surface area contributed by atoms with Crippen molar-refractivity contribution >= 4 is 57.6 Å². The number of amides is 1. The van der Waals surface area contributed by atoms with Gasteiger partial charge in [-0.2, -0.15) is 0 Å². The molecule has 1 saturated heterocycles. The zero-order chi connectivity index (χ0) is 22.2.